The van der Waals surface area contributed by atoms with E-state index in [2.05, 4.69) is 5.32 Å². The summed E-state index contributed by atoms with van der Waals surface area (Å²) >= 11 is 0. The summed E-state index contributed by atoms with van der Waals surface area (Å²) in [6.45, 7) is 2.26. The van der Waals surface area contributed by atoms with E-state index in [0.29, 0.717) is 29.5 Å². The minimum absolute atomic E-state index is 0.0157. The van der Waals surface area contributed by atoms with Crippen molar-refractivity contribution in [3.05, 3.63) is 28.3 Å². The predicted octanol–water partition coefficient (Wildman–Crippen LogP) is 1.78. The van der Waals surface area contributed by atoms with E-state index in [-0.39, 0.29) is 5.69 Å². The highest BCUT2D eigenvalue weighted by molar-refractivity contribution is 7.84. The Morgan fingerprint density at radius 1 is 1.50 bits per heavy atom. The van der Waals surface area contributed by atoms with Gasteiger partial charge in [-0.3, -0.25) is 14.3 Å². The fourth-order valence-electron chi connectivity index (χ4n) is 1.39. The van der Waals surface area contributed by atoms with Crippen LogP contribution in [0.3, 0.4) is 0 Å². The van der Waals surface area contributed by atoms with Crippen molar-refractivity contribution in [2.24, 2.45) is 0 Å². The van der Waals surface area contributed by atoms with E-state index < -0.39 is 15.7 Å². The molecule has 0 saturated heterocycles. The topological polar surface area (TPSA) is 81.5 Å². The van der Waals surface area contributed by atoms with Crippen molar-refractivity contribution in [2.75, 3.05) is 30.5 Å². The Morgan fingerprint density at radius 3 is 2.78 bits per heavy atom. The molecule has 100 valence electrons. The SMILES string of the molecule is CCS(=O)CCNc1cc(OC)ccc1[N+](=O)[O-]. The van der Waals surface area contributed by atoms with E-state index in [1.54, 1.807) is 6.07 Å². The van der Waals surface area contributed by atoms with E-state index >= 15 is 0 Å². The van der Waals surface area contributed by atoms with Gasteiger partial charge in [-0.15, -0.1) is 0 Å². The van der Waals surface area contributed by atoms with Crippen LogP contribution in [0.15, 0.2) is 18.2 Å². The van der Waals surface area contributed by atoms with E-state index in [1.165, 1.54) is 19.2 Å². The van der Waals surface area contributed by atoms with Gasteiger partial charge in [-0.25, -0.2) is 0 Å². The monoisotopic (exact) mass is 272 g/mol. The molecular weight excluding hydrogens is 256 g/mol. The lowest BCUT2D eigenvalue weighted by atomic mass is 10.2. The van der Waals surface area contributed by atoms with Crippen molar-refractivity contribution in [3.8, 4) is 5.75 Å². The predicted molar refractivity (Wildman–Crippen MR) is 71.7 cm³/mol. The minimum atomic E-state index is -0.889. The van der Waals surface area contributed by atoms with Crippen LogP contribution in [0.1, 0.15) is 6.92 Å². The lowest BCUT2D eigenvalue weighted by Crippen LogP contribution is -2.12. The second-order valence-electron chi connectivity index (χ2n) is 3.50. The number of hydrogen-bond acceptors (Lipinski definition) is 5. The van der Waals surface area contributed by atoms with Gasteiger partial charge in [0, 0.05) is 41.0 Å². The summed E-state index contributed by atoms with van der Waals surface area (Å²) in [5.74, 6) is 1.59. The van der Waals surface area contributed by atoms with E-state index in [1.807, 2.05) is 6.92 Å². The van der Waals surface area contributed by atoms with Crippen LogP contribution in [0.5, 0.6) is 5.75 Å². The smallest absolute Gasteiger partial charge is 0.292 e. The summed E-state index contributed by atoms with van der Waals surface area (Å²) in [5, 5.41) is 13.8. The summed E-state index contributed by atoms with van der Waals surface area (Å²) in [4.78, 5) is 10.4. The van der Waals surface area contributed by atoms with Crippen molar-refractivity contribution < 1.29 is 13.9 Å². The van der Waals surface area contributed by atoms with Crippen LogP contribution < -0.4 is 10.1 Å². The number of hydrogen-bond donors (Lipinski definition) is 1. The van der Waals surface area contributed by atoms with Crippen LogP contribution in [-0.4, -0.2) is 34.3 Å². The second kappa shape index (κ2) is 6.95. The van der Waals surface area contributed by atoms with Gasteiger partial charge in [0.05, 0.1) is 12.0 Å². The normalized spacial score (nSPS) is 11.9. The zero-order valence-electron chi connectivity index (χ0n) is 10.3. The molecule has 6 nitrogen and oxygen atoms in total. The van der Waals surface area contributed by atoms with Crippen LogP contribution in [-0.2, 0) is 10.8 Å². The lowest BCUT2D eigenvalue weighted by Gasteiger charge is -2.08. The largest absolute Gasteiger partial charge is 0.497 e. The molecule has 1 aromatic rings. The molecule has 0 bridgehead atoms. The number of nitrogens with one attached hydrogen (secondary N) is 1. The van der Waals surface area contributed by atoms with Gasteiger partial charge in [-0.1, -0.05) is 6.92 Å². The lowest BCUT2D eigenvalue weighted by molar-refractivity contribution is -0.384. The van der Waals surface area contributed by atoms with Gasteiger partial charge < -0.3 is 10.1 Å². The molecule has 0 aliphatic carbocycles. The number of nitrogens with zero attached hydrogens (tertiary/aromatic N) is 1. The minimum Gasteiger partial charge on any atom is -0.497 e. The summed E-state index contributed by atoms with van der Waals surface area (Å²) in [6.07, 6.45) is 0. The van der Waals surface area contributed by atoms with Crippen LogP contribution in [0.25, 0.3) is 0 Å². The Labute approximate surface area is 108 Å². The molecule has 0 amide bonds. The first-order valence-electron chi connectivity index (χ1n) is 5.49. The van der Waals surface area contributed by atoms with Crippen molar-refractivity contribution in [2.45, 2.75) is 6.92 Å². The summed E-state index contributed by atoms with van der Waals surface area (Å²) in [7, 11) is 0.608. The molecule has 18 heavy (non-hydrogen) atoms. The molecule has 0 fully saturated rings. The third kappa shape index (κ3) is 3.99. The van der Waals surface area contributed by atoms with Crippen LogP contribution in [0.4, 0.5) is 11.4 Å². The summed E-state index contributed by atoms with van der Waals surface area (Å²) in [5.41, 5.74) is 0.366. The highest BCUT2D eigenvalue weighted by Gasteiger charge is 2.14. The van der Waals surface area contributed by atoms with Gasteiger partial charge in [-0.05, 0) is 6.07 Å². The molecule has 1 rings (SSSR count). The maximum atomic E-state index is 11.3. The van der Waals surface area contributed by atoms with Crippen molar-refractivity contribution in [1.82, 2.24) is 0 Å². The van der Waals surface area contributed by atoms with Crippen LogP contribution >= 0.6 is 0 Å². The van der Waals surface area contributed by atoms with E-state index in [0.717, 1.165) is 0 Å². The molecule has 0 radical (unpaired) electrons. The van der Waals surface area contributed by atoms with Crippen molar-refractivity contribution in [1.29, 1.82) is 0 Å². The molecule has 1 atom stereocenters. The zero-order valence-corrected chi connectivity index (χ0v) is 11.2. The third-order valence-electron chi connectivity index (χ3n) is 2.37. The Bertz CT molecular complexity index is 451. The quantitative estimate of drug-likeness (QED) is 0.604. The zero-order chi connectivity index (χ0) is 13.5. The number of nitro groups is 1. The van der Waals surface area contributed by atoms with Gasteiger partial charge in [-0.2, -0.15) is 0 Å². The van der Waals surface area contributed by atoms with E-state index in [4.69, 9.17) is 4.74 Å². The molecule has 0 spiro atoms. The molecule has 7 heteroatoms. The Hall–Kier alpha value is -1.63. The molecular formula is C11H16N2O4S. The average molecular weight is 272 g/mol. The molecule has 1 aromatic carbocycles. The second-order valence-corrected chi connectivity index (χ2v) is 5.36. The van der Waals surface area contributed by atoms with Crippen LogP contribution in [0, 0.1) is 10.1 Å². The molecule has 0 aliphatic heterocycles. The summed E-state index contributed by atoms with van der Waals surface area (Å²) in [6, 6.07) is 4.48. The highest BCUT2D eigenvalue weighted by atomic mass is 32.2. The molecule has 0 aromatic heterocycles. The van der Waals surface area contributed by atoms with Crippen LogP contribution in [0.2, 0.25) is 0 Å². The van der Waals surface area contributed by atoms with Gasteiger partial charge >= 0.3 is 0 Å². The molecule has 1 unspecified atom stereocenters. The maximum absolute atomic E-state index is 11.3. The molecule has 1 N–H and O–H groups in total. The first-order chi connectivity index (χ1) is 8.58. The van der Waals surface area contributed by atoms with Crippen molar-refractivity contribution in [3.63, 3.8) is 0 Å². The molecule has 0 saturated carbocycles. The number of anilines is 1. The third-order valence-corrected chi connectivity index (χ3v) is 3.67. The average Bonchev–Trinajstić information content (AvgIpc) is 2.37. The Balaban J connectivity index is 2.78. The number of benzene rings is 1. The van der Waals surface area contributed by atoms with E-state index in [9.17, 15) is 14.3 Å². The van der Waals surface area contributed by atoms with Gasteiger partial charge in [0.1, 0.15) is 11.4 Å². The molecule has 0 aliphatic rings. The van der Waals surface area contributed by atoms with Gasteiger partial charge in [0.25, 0.3) is 5.69 Å². The maximum Gasteiger partial charge on any atom is 0.292 e. The highest BCUT2D eigenvalue weighted by Crippen LogP contribution is 2.28. The standard InChI is InChI=1S/C11H16N2O4S/c1-3-18(16)7-6-12-10-8-9(17-2)4-5-11(10)13(14)15/h4-5,8,12H,3,6-7H2,1-2H3. The summed E-state index contributed by atoms with van der Waals surface area (Å²) < 4.78 is 16.3. The first-order valence-corrected chi connectivity index (χ1v) is 6.98. The fourth-order valence-corrected chi connectivity index (χ4v) is 2.01. The Kier molecular flexibility index (Phi) is 5.57. The number of methoxy groups -OCH3 is 1. The fraction of sp³-hybridized carbons (Fsp3) is 0.455. The number of ether oxygens (including phenoxy) is 1. The van der Waals surface area contributed by atoms with Gasteiger partial charge in [0.2, 0.25) is 0 Å². The number of nitro benzene ring substituents is 1. The number of rotatable bonds is 7. The molecule has 0 heterocycles. The van der Waals surface area contributed by atoms with Gasteiger partial charge in [0.15, 0.2) is 0 Å². The Morgan fingerprint density at radius 2 is 2.22 bits per heavy atom. The van der Waals surface area contributed by atoms with Crippen molar-refractivity contribution >= 4 is 22.2 Å². The first kappa shape index (κ1) is 14.4.